The fourth-order valence-corrected chi connectivity index (χ4v) is 4.23. The molecule has 2 aromatic rings. The summed E-state index contributed by atoms with van der Waals surface area (Å²) in [5, 5.41) is 4.76. The van der Waals surface area contributed by atoms with Crippen LogP contribution in [0.25, 0.3) is 0 Å². The highest BCUT2D eigenvalue weighted by molar-refractivity contribution is 6.33. The van der Waals surface area contributed by atoms with E-state index in [1.54, 1.807) is 11.0 Å². The van der Waals surface area contributed by atoms with Gasteiger partial charge in [0.1, 0.15) is 5.82 Å². The van der Waals surface area contributed by atoms with Gasteiger partial charge in [0.05, 0.1) is 22.8 Å². The van der Waals surface area contributed by atoms with Crippen LogP contribution in [0.4, 0.5) is 4.39 Å². The molecule has 0 aliphatic heterocycles. The summed E-state index contributed by atoms with van der Waals surface area (Å²) in [7, 11) is 1.95. The smallest absolute Gasteiger partial charge is 0.258 e. The second-order valence-corrected chi connectivity index (χ2v) is 7.83. The molecule has 2 saturated carbocycles. The van der Waals surface area contributed by atoms with Gasteiger partial charge in [-0.25, -0.2) is 4.39 Å². The van der Waals surface area contributed by atoms with Crippen molar-refractivity contribution in [3.63, 3.8) is 0 Å². The molecule has 0 saturated heterocycles. The summed E-state index contributed by atoms with van der Waals surface area (Å²) in [4.78, 5) is 15.0. The highest BCUT2D eigenvalue weighted by atomic mass is 35.5. The van der Waals surface area contributed by atoms with Crippen LogP contribution in [0.15, 0.2) is 24.3 Å². The van der Waals surface area contributed by atoms with Crippen molar-refractivity contribution in [2.75, 3.05) is 0 Å². The normalized spacial score (nSPS) is 17.7. The second kappa shape index (κ2) is 7.03. The largest absolute Gasteiger partial charge is 0.330 e. The minimum Gasteiger partial charge on any atom is -0.330 e. The molecule has 0 radical (unpaired) electrons. The van der Waals surface area contributed by atoms with Gasteiger partial charge in [-0.2, -0.15) is 5.10 Å². The molecular weight excluding hydrogens is 353 g/mol. The van der Waals surface area contributed by atoms with Crippen LogP contribution in [0.1, 0.15) is 66.2 Å². The molecule has 1 aromatic carbocycles. The van der Waals surface area contributed by atoms with Gasteiger partial charge in [-0.3, -0.25) is 9.48 Å². The summed E-state index contributed by atoms with van der Waals surface area (Å²) in [5.74, 6) is -0.304. The number of carbonyl (C=O) groups is 1. The summed E-state index contributed by atoms with van der Waals surface area (Å²) >= 11 is 6.15. The van der Waals surface area contributed by atoms with Crippen molar-refractivity contribution in [2.45, 2.75) is 57.0 Å². The van der Waals surface area contributed by atoms with Crippen molar-refractivity contribution in [1.82, 2.24) is 14.7 Å². The molecule has 4 rings (SSSR count). The van der Waals surface area contributed by atoms with Crippen LogP contribution in [-0.4, -0.2) is 26.6 Å². The average molecular weight is 376 g/mol. The minimum atomic E-state index is -0.565. The predicted octanol–water partition coefficient (Wildman–Crippen LogP) is 4.68. The van der Waals surface area contributed by atoms with E-state index in [-0.39, 0.29) is 22.5 Å². The van der Waals surface area contributed by atoms with E-state index in [2.05, 4.69) is 11.2 Å². The predicted molar refractivity (Wildman–Crippen MR) is 98.7 cm³/mol. The summed E-state index contributed by atoms with van der Waals surface area (Å²) < 4.78 is 16.2. The molecule has 138 valence electrons. The molecule has 0 bridgehead atoms. The lowest BCUT2D eigenvalue weighted by molar-refractivity contribution is 0.0656. The first kappa shape index (κ1) is 17.5. The first-order valence-electron chi connectivity index (χ1n) is 9.32. The van der Waals surface area contributed by atoms with Crippen molar-refractivity contribution in [2.24, 2.45) is 7.05 Å². The van der Waals surface area contributed by atoms with Crippen molar-refractivity contribution in [3.05, 3.63) is 52.1 Å². The molecule has 0 unspecified atom stereocenters. The van der Waals surface area contributed by atoms with Crippen LogP contribution < -0.4 is 0 Å². The van der Waals surface area contributed by atoms with Crippen LogP contribution in [0.3, 0.4) is 0 Å². The third kappa shape index (κ3) is 3.37. The lowest BCUT2D eigenvalue weighted by Crippen LogP contribution is -2.39. The molecule has 1 amide bonds. The Kier molecular flexibility index (Phi) is 4.74. The maximum absolute atomic E-state index is 14.3. The zero-order chi connectivity index (χ0) is 18.3. The van der Waals surface area contributed by atoms with Gasteiger partial charge in [0.15, 0.2) is 0 Å². The summed E-state index contributed by atoms with van der Waals surface area (Å²) in [6, 6.07) is 6.59. The number of carbonyl (C=O) groups excluding carboxylic acids is 1. The first-order chi connectivity index (χ1) is 12.5. The number of hydrogen-bond donors (Lipinski definition) is 0. The number of rotatable bonds is 5. The number of benzene rings is 1. The molecule has 2 aliphatic carbocycles. The van der Waals surface area contributed by atoms with Crippen molar-refractivity contribution in [1.29, 1.82) is 0 Å². The Morgan fingerprint density at radius 3 is 2.69 bits per heavy atom. The van der Waals surface area contributed by atoms with Crippen LogP contribution in [0.5, 0.6) is 0 Å². The highest BCUT2D eigenvalue weighted by Gasteiger charge is 2.32. The maximum atomic E-state index is 14.3. The van der Waals surface area contributed by atoms with Gasteiger partial charge in [0.25, 0.3) is 5.91 Å². The molecule has 0 spiro atoms. The van der Waals surface area contributed by atoms with E-state index in [0.717, 1.165) is 31.4 Å². The Morgan fingerprint density at radius 2 is 2.04 bits per heavy atom. The molecule has 2 fully saturated rings. The third-order valence-corrected chi connectivity index (χ3v) is 5.81. The lowest BCUT2D eigenvalue weighted by Gasteiger charge is -2.29. The van der Waals surface area contributed by atoms with Crippen LogP contribution in [-0.2, 0) is 13.6 Å². The summed E-state index contributed by atoms with van der Waals surface area (Å²) in [6.45, 7) is 0.398. The molecule has 26 heavy (non-hydrogen) atoms. The Morgan fingerprint density at radius 1 is 1.31 bits per heavy atom. The van der Waals surface area contributed by atoms with Gasteiger partial charge in [-0.1, -0.05) is 30.5 Å². The zero-order valence-corrected chi connectivity index (χ0v) is 15.7. The van der Waals surface area contributed by atoms with Gasteiger partial charge in [0.2, 0.25) is 0 Å². The van der Waals surface area contributed by atoms with E-state index in [4.69, 9.17) is 11.6 Å². The fourth-order valence-electron chi connectivity index (χ4n) is 3.98. The fraction of sp³-hybridized carbons (Fsp3) is 0.500. The quantitative estimate of drug-likeness (QED) is 0.761. The number of aromatic nitrogens is 2. The molecule has 1 heterocycles. The SMILES string of the molecule is Cn1nc(CN(C(=O)c2c(F)cccc2Cl)C2CCCC2)cc1C1CC1. The molecule has 0 N–H and O–H groups in total. The maximum Gasteiger partial charge on any atom is 0.258 e. The molecule has 6 heteroatoms. The van der Waals surface area contributed by atoms with Gasteiger partial charge < -0.3 is 4.90 Å². The Balaban J connectivity index is 1.64. The van der Waals surface area contributed by atoms with Gasteiger partial charge in [0, 0.05) is 24.7 Å². The van der Waals surface area contributed by atoms with E-state index >= 15 is 0 Å². The molecule has 2 aliphatic rings. The Hall–Kier alpha value is -1.88. The van der Waals surface area contributed by atoms with Crippen molar-refractivity contribution in [3.8, 4) is 0 Å². The number of amides is 1. The molecule has 1 aromatic heterocycles. The van der Waals surface area contributed by atoms with Gasteiger partial charge >= 0.3 is 0 Å². The topological polar surface area (TPSA) is 38.1 Å². The Bertz CT molecular complexity index is 804. The molecule has 0 atom stereocenters. The summed E-state index contributed by atoms with van der Waals surface area (Å²) in [6.07, 6.45) is 6.48. The zero-order valence-electron chi connectivity index (χ0n) is 14.9. The second-order valence-electron chi connectivity index (χ2n) is 7.43. The van der Waals surface area contributed by atoms with Gasteiger partial charge in [-0.15, -0.1) is 0 Å². The lowest BCUT2D eigenvalue weighted by atomic mass is 10.1. The van der Waals surface area contributed by atoms with E-state index < -0.39 is 5.82 Å². The van der Waals surface area contributed by atoms with E-state index in [1.165, 1.54) is 30.7 Å². The van der Waals surface area contributed by atoms with E-state index in [9.17, 15) is 9.18 Å². The Labute approximate surface area is 157 Å². The van der Waals surface area contributed by atoms with Crippen LogP contribution in [0.2, 0.25) is 5.02 Å². The number of halogens is 2. The minimum absolute atomic E-state index is 0.0283. The number of aryl methyl sites for hydroxylation is 1. The standard InChI is InChI=1S/C20H23ClFN3O/c1-24-18(13-9-10-13)11-14(23-24)12-25(15-5-2-3-6-15)20(26)19-16(21)7-4-8-17(19)22/h4,7-8,11,13,15H,2-3,5-6,9-10,12H2,1H3. The first-order valence-corrected chi connectivity index (χ1v) is 9.70. The number of nitrogens with zero attached hydrogens (tertiary/aromatic N) is 3. The molecular formula is C20H23ClFN3O. The monoisotopic (exact) mass is 375 g/mol. The number of hydrogen-bond acceptors (Lipinski definition) is 2. The van der Waals surface area contributed by atoms with Crippen LogP contribution >= 0.6 is 11.6 Å². The average Bonchev–Trinajstić information content (AvgIpc) is 3.16. The van der Waals surface area contributed by atoms with Gasteiger partial charge in [-0.05, 0) is 43.9 Å². The third-order valence-electron chi connectivity index (χ3n) is 5.50. The molecule has 4 nitrogen and oxygen atoms in total. The van der Waals surface area contributed by atoms with Crippen LogP contribution in [0, 0.1) is 5.82 Å². The van der Waals surface area contributed by atoms with Crippen molar-refractivity contribution < 1.29 is 9.18 Å². The van der Waals surface area contributed by atoms with E-state index in [1.807, 2.05) is 11.7 Å². The van der Waals surface area contributed by atoms with Crippen molar-refractivity contribution >= 4 is 17.5 Å². The highest BCUT2D eigenvalue weighted by Crippen LogP contribution is 2.40. The van der Waals surface area contributed by atoms with E-state index in [0.29, 0.717) is 12.5 Å². The summed E-state index contributed by atoms with van der Waals surface area (Å²) in [5.41, 5.74) is 2.06.